The number of aliphatic hydroxyl groups excluding tert-OH is 1. The van der Waals surface area contributed by atoms with Crippen LogP contribution in [0.1, 0.15) is 66.5 Å². The zero-order valence-corrected chi connectivity index (χ0v) is 18.0. The Balaban J connectivity index is 2.16. The summed E-state index contributed by atoms with van der Waals surface area (Å²) < 4.78 is 11.6. The van der Waals surface area contributed by atoms with Crippen molar-refractivity contribution in [2.75, 3.05) is 0 Å². The van der Waals surface area contributed by atoms with E-state index in [4.69, 9.17) is 9.47 Å². The quantitative estimate of drug-likeness (QED) is 0.663. The Morgan fingerprint density at radius 2 is 1.07 bits per heavy atom. The predicted octanol–water partition coefficient (Wildman–Crippen LogP) is 5.93. The Hall–Kier alpha value is -2.00. The zero-order chi connectivity index (χ0) is 20.5. The van der Waals surface area contributed by atoms with Crippen LogP contribution < -0.4 is 9.47 Å². The summed E-state index contributed by atoms with van der Waals surface area (Å²) in [5.74, 6) is 1.55. The van der Waals surface area contributed by atoms with E-state index >= 15 is 0 Å². The third-order valence-corrected chi connectivity index (χ3v) is 4.56. The maximum absolute atomic E-state index is 10.1. The molecule has 0 aromatic heterocycles. The molecule has 0 spiro atoms. The number of ether oxygens (including phenoxy) is 2. The molecular formula is C24H34O3. The van der Waals surface area contributed by atoms with Crippen molar-refractivity contribution in [1.82, 2.24) is 0 Å². The predicted molar refractivity (Wildman–Crippen MR) is 111 cm³/mol. The lowest BCUT2D eigenvalue weighted by Crippen LogP contribution is -2.31. The molecule has 1 N–H and O–H groups in total. The topological polar surface area (TPSA) is 38.7 Å². The van der Waals surface area contributed by atoms with Crippen molar-refractivity contribution in [3.63, 3.8) is 0 Å². The van der Waals surface area contributed by atoms with E-state index in [9.17, 15) is 5.11 Å². The van der Waals surface area contributed by atoms with Crippen LogP contribution in [0.5, 0.6) is 11.5 Å². The average Bonchev–Trinajstić information content (AvgIpc) is 2.53. The van der Waals surface area contributed by atoms with E-state index in [0.29, 0.717) is 5.75 Å². The number of benzene rings is 2. The second kappa shape index (κ2) is 7.55. The second-order valence-electron chi connectivity index (χ2n) is 9.72. The van der Waals surface area contributed by atoms with Crippen LogP contribution in [-0.2, 0) is 5.41 Å². The summed E-state index contributed by atoms with van der Waals surface area (Å²) in [5, 5.41) is 10.1. The third kappa shape index (κ3) is 5.74. The van der Waals surface area contributed by atoms with Crippen LogP contribution in [0.25, 0.3) is 0 Å². The van der Waals surface area contributed by atoms with Gasteiger partial charge in [0.25, 0.3) is 0 Å². The van der Waals surface area contributed by atoms with Gasteiger partial charge in [-0.2, -0.15) is 0 Å². The molecule has 0 saturated carbocycles. The van der Waals surface area contributed by atoms with E-state index in [1.165, 1.54) is 11.1 Å². The van der Waals surface area contributed by atoms with Crippen LogP contribution in [-0.4, -0.2) is 17.0 Å². The molecule has 0 heterocycles. The lowest BCUT2D eigenvalue weighted by Gasteiger charge is -2.28. The fraction of sp³-hybridized carbons (Fsp3) is 0.500. The Morgan fingerprint density at radius 3 is 1.44 bits per heavy atom. The van der Waals surface area contributed by atoms with E-state index in [2.05, 4.69) is 38.1 Å². The van der Waals surface area contributed by atoms with Crippen LogP contribution in [0.3, 0.4) is 0 Å². The van der Waals surface area contributed by atoms with Gasteiger partial charge in [0.2, 0.25) is 6.29 Å². The van der Waals surface area contributed by atoms with Gasteiger partial charge >= 0.3 is 0 Å². The van der Waals surface area contributed by atoms with Crippen molar-refractivity contribution in [2.24, 2.45) is 5.41 Å². The molecule has 148 valence electrons. The van der Waals surface area contributed by atoms with Gasteiger partial charge in [0.05, 0.1) is 0 Å². The first kappa shape index (κ1) is 21.3. The summed E-state index contributed by atoms with van der Waals surface area (Å²) >= 11 is 0. The highest BCUT2D eigenvalue weighted by Gasteiger charge is 2.26. The molecule has 0 radical (unpaired) electrons. The van der Waals surface area contributed by atoms with Gasteiger partial charge in [0.15, 0.2) is 0 Å². The van der Waals surface area contributed by atoms with Gasteiger partial charge in [0, 0.05) is 10.8 Å². The summed E-state index contributed by atoms with van der Waals surface area (Å²) in [6.45, 7) is 16.4. The van der Waals surface area contributed by atoms with Crippen LogP contribution in [0.2, 0.25) is 0 Å². The van der Waals surface area contributed by atoms with Crippen LogP contribution >= 0.6 is 0 Å². The molecule has 2 aromatic carbocycles. The van der Waals surface area contributed by atoms with E-state index in [-0.39, 0.29) is 16.4 Å². The number of rotatable bonds is 5. The van der Waals surface area contributed by atoms with Gasteiger partial charge in [0.1, 0.15) is 17.1 Å². The number of hydrogen-bond acceptors (Lipinski definition) is 3. The summed E-state index contributed by atoms with van der Waals surface area (Å²) in [6.07, 6.45) is -0.841. The van der Waals surface area contributed by atoms with E-state index in [1.54, 1.807) is 0 Å². The molecule has 2 aromatic rings. The van der Waals surface area contributed by atoms with Gasteiger partial charge < -0.3 is 14.6 Å². The first-order valence-corrected chi connectivity index (χ1v) is 9.54. The van der Waals surface area contributed by atoms with E-state index in [1.807, 2.05) is 65.8 Å². The minimum atomic E-state index is -0.841. The van der Waals surface area contributed by atoms with Crippen molar-refractivity contribution in [3.05, 3.63) is 59.7 Å². The molecule has 0 aliphatic rings. The molecular weight excluding hydrogens is 336 g/mol. The van der Waals surface area contributed by atoms with Crippen molar-refractivity contribution in [2.45, 2.75) is 72.7 Å². The molecule has 1 atom stereocenters. The first-order chi connectivity index (χ1) is 12.3. The Labute approximate surface area is 164 Å². The molecule has 3 heteroatoms. The highest BCUT2D eigenvalue weighted by atomic mass is 16.6. The fourth-order valence-corrected chi connectivity index (χ4v) is 2.72. The summed E-state index contributed by atoms with van der Waals surface area (Å²) in [6, 6.07) is 16.3. The Kier molecular flexibility index (Phi) is 5.96. The summed E-state index contributed by atoms with van der Waals surface area (Å²) in [5.41, 5.74) is 1.72. The largest absolute Gasteiger partial charge is 0.488 e. The first-order valence-electron chi connectivity index (χ1n) is 9.54. The van der Waals surface area contributed by atoms with Crippen molar-refractivity contribution in [1.29, 1.82) is 0 Å². The van der Waals surface area contributed by atoms with E-state index < -0.39 is 6.29 Å². The third-order valence-electron chi connectivity index (χ3n) is 4.56. The molecule has 0 saturated heterocycles. The minimum Gasteiger partial charge on any atom is -0.488 e. The second-order valence-corrected chi connectivity index (χ2v) is 9.72. The molecule has 0 bridgehead atoms. The zero-order valence-electron chi connectivity index (χ0n) is 18.0. The maximum atomic E-state index is 10.1. The average molecular weight is 371 g/mol. The van der Waals surface area contributed by atoms with Crippen LogP contribution in [0.15, 0.2) is 48.5 Å². The summed E-state index contributed by atoms with van der Waals surface area (Å²) in [7, 11) is 0. The lowest BCUT2D eigenvalue weighted by atomic mass is 9.78. The van der Waals surface area contributed by atoms with Gasteiger partial charge in [-0.1, -0.05) is 58.9 Å². The fourth-order valence-electron chi connectivity index (χ4n) is 2.72. The SMILES string of the molecule is CC(C)(C)Oc1ccc(C(C)(C)c2ccc(OC(O)C(C)(C)C)cc2)cc1. The van der Waals surface area contributed by atoms with Gasteiger partial charge in [-0.15, -0.1) is 0 Å². The monoisotopic (exact) mass is 370 g/mol. The van der Waals surface area contributed by atoms with Crippen LogP contribution in [0, 0.1) is 5.41 Å². The molecule has 3 nitrogen and oxygen atoms in total. The van der Waals surface area contributed by atoms with Gasteiger partial charge in [-0.25, -0.2) is 0 Å². The van der Waals surface area contributed by atoms with Crippen molar-refractivity contribution in [3.8, 4) is 11.5 Å². The molecule has 2 rings (SSSR count). The Bertz CT molecular complexity index is 729. The standard InChI is InChI=1S/C24H34O3/c1-22(2,3)21(25)26-19-13-9-17(10-14-19)24(7,8)18-11-15-20(16-12-18)27-23(4,5)6/h9-16,21,25H,1-8H3. The van der Waals surface area contributed by atoms with Crippen molar-refractivity contribution >= 4 is 0 Å². The minimum absolute atomic E-state index is 0.151. The lowest BCUT2D eigenvalue weighted by molar-refractivity contribution is -0.0931. The molecule has 1 unspecified atom stereocenters. The number of hydrogen-bond donors (Lipinski definition) is 1. The van der Waals surface area contributed by atoms with Crippen LogP contribution in [0.4, 0.5) is 0 Å². The van der Waals surface area contributed by atoms with Crippen molar-refractivity contribution < 1.29 is 14.6 Å². The molecule has 27 heavy (non-hydrogen) atoms. The Morgan fingerprint density at radius 1 is 0.667 bits per heavy atom. The highest BCUT2D eigenvalue weighted by Crippen LogP contribution is 2.34. The van der Waals surface area contributed by atoms with Gasteiger partial charge in [-0.3, -0.25) is 0 Å². The number of aliphatic hydroxyl groups is 1. The molecule has 0 fully saturated rings. The normalized spacial score (nSPS) is 14.0. The molecule has 0 aliphatic carbocycles. The van der Waals surface area contributed by atoms with E-state index in [0.717, 1.165) is 5.75 Å². The highest BCUT2D eigenvalue weighted by molar-refractivity contribution is 5.42. The summed E-state index contributed by atoms with van der Waals surface area (Å²) in [4.78, 5) is 0. The smallest absolute Gasteiger partial charge is 0.202 e. The molecule has 0 amide bonds. The maximum Gasteiger partial charge on any atom is 0.202 e. The van der Waals surface area contributed by atoms with Gasteiger partial charge in [-0.05, 0) is 56.2 Å². The molecule has 0 aliphatic heterocycles.